The Labute approximate surface area is 300 Å². The second-order valence-corrected chi connectivity index (χ2v) is 14.1. The van der Waals surface area contributed by atoms with Gasteiger partial charge < -0.3 is 14.6 Å². The molecule has 2 N–H and O–H groups in total. The molecular weight excluding hydrogens is 643 g/mol. The summed E-state index contributed by atoms with van der Waals surface area (Å²) in [4.78, 5) is 3.62. The van der Waals surface area contributed by atoms with Crippen LogP contribution in [0.4, 0.5) is 22.7 Å². The summed E-state index contributed by atoms with van der Waals surface area (Å²) in [5.74, 6) is 0. The molecule has 0 bridgehead atoms. The van der Waals surface area contributed by atoms with Crippen molar-refractivity contribution in [2.24, 2.45) is 0 Å². The molecule has 0 amide bonds. The second kappa shape index (κ2) is 12.3. The summed E-state index contributed by atoms with van der Waals surface area (Å²) in [6.07, 6.45) is -0.137. The quantitative estimate of drug-likeness (QED) is 0.184. The first-order valence-electron chi connectivity index (χ1n) is 17.3. The fourth-order valence-electron chi connectivity index (χ4n) is 7.57. The number of nitrogens with zero attached hydrogens (tertiary/aromatic N) is 1. The summed E-state index contributed by atoms with van der Waals surface area (Å²) in [5, 5.41) is 11.4. The predicted octanol–water partition coefficient (Wildman–Crippen LogP) is 12.7. The molecule has 4 nitrogen and oxygen atoms in total. The number of benzene rings is 7. The Balaban J connectivity index is 1.12. The largest absolute Gasteiger partial charge is 0.456 e. The van der Waals surface area contributed by atoms with Crippen molar-refractivity contribution in [2.75, 3.05) is 10.2 Å². The monoisotopic (exact) mass is 675 g/mol. The van der Waals surface area contributed by atoms with Crippen LogP contribution in [0.2, 0.25) is 0 Å². The third-order valence-corrected chi connectivity index (χ3v) is 11.2. The average Bonchev–Trinajstić information content (AvgIpc) is 3.77. The minimum atomic E-state index is -0.137. The molecule has 0 saturated heterocycles. The van der Waals surface area contributed by atoms with E-state index < -0.39 is 0 Å². The van der Waals surface area contributed by atoms with Gasteiger partial charge in [-0.2, -0.15) is 0 Å². The zero-order valence-corrected chi connectivity index (χ0v) is 28.5. The third kappa shape index (κ3) is 5.18. The topological polar surface area (TPSA) is 40.4 Å². The molecule has 0 aliphatic carbocycles. The molecule has 0 radical (unpaired) electrons. The van der Waals surface area contributed by atoms with Gasteiger partial charge in [0.25, 0.3) is 0 Å². The third-order valence-electron chi connectivity index (χ3n) is 9.93. The summed E-state index contributed by atoms with van der Waals surface area (Å²) in [5.41, 5.74) is 11.0. The molecular formula is C46H33N3OS. The first-order valence-corrected chi connectivity index (χ1v) is 18.1. The molecule has 2 aromatic heterocycles. The van der Waals surface area contributed by atoms with Crippen molar-refractivity contribution in [3.05, 3.63) is 192 Å². The van der Waals surface area contributed by atoms with Crippen LogP contribution in [-0.2, 0) is 0 Å². The second-order valence-electron chi connectivity index (χ2n) is 13.0. The molecule has 0 fully saturated rings. The molecule has 9 aromatic rings. The van der Waals surface area contributed by atoms with Crippen LogP contribution in [0.3, 0.4) is 0 Å². The van der Waals surface area contributed by atoms with E-state index in [1.807, 2.05) is 11.3 Å². The van der Waals surface area contributed by atoms with E-state index in [0.717, 1.165) is 44.6 Å². The number of nitrogens with one attached hydrogen (secondary N) is 2. The van der Waals surface area contributed by atoms with Gasteiger partial charge in [0.15, 0.2) is 0 Å². The normalized spacial score (nSPS) is 15.5. The van der Waals surface area contributed by atoms with Crippen molar-refractivity contribution >= 4 is 66.1 Å². The first-order chi connectivity index (χ1) is 25.3. The zero-order chi connectivity index (χ0) is 33.7. The fourth-order valence-corrected chi connectivity index (χ4v) is 8.83. The van der Waals surface area contributed by atoms with Gasteiger partial charge in [-0.15, -0.1) is 11.3 Å². The molecule has 244 valence electrons. The summed E-state index contributed by atoms with van der Waals surface area (Å²) >= 11 is 1.86. The zero-order valence-electron chi connectivity index (χ0n) is 27.7. The van der Waals surface area contributed by atoms with E-state index in [2.05, 4.69) is 191 Å². The predicted molar refractivity (Wildman–Crippen MR) is 213 cm³/mol. The van der Waals surface area contributed by atoms with Crippen LogP contribution in [0.15, 0.2) is 180 Å². The molecule has 5 heteroatoms. The molecule has 0 spiro atoms. The van der Waals surface area contributed by atoms with E-state index in [-0.39, 0.29) is 12.2 Å². The van der Waals surface area contributed by atoms with Gasteiger partial charge in [0.1, 0.15) is 17.3 Å². The highest BCUT2D eigenvalue weighted by atomic mass is 32.1. The van der Waals surface area contributed by atoms with E-state index in [0.29, 0.717) is 0 Å². The van der Waals surface area contributed by atoms with Crippen molar-refractivity contribution in [3.63, 3.8) is 0 Å². The lowest BCUT2D eigenvalue weighted by molar-refractivity contribution is 0.514. The molecule has 2 unspecified atom stereocenters. The Morgan fingerprint density at radius 2 is 1.22 bits per heavy atom. The lowest BCUT2D eigenvalue weighted by Gasteiger charge is -2.34. The molecule has 1 aliphatic heterocycles. The Hall–Kier alpha value is -6.14. The Kier molecular flexibility index (Phi) is 7.19. The van der Waals surface area contributed by atoms with Crippen molar-refractivity contribution in [1.82, 2.24) is 5.32 Å². The number of hydrogen-bond donors (Lipinski definition) is 2. The van der Waals surface area contributed by atoms with Crippen LogP contribution in [0.25, 0.3) is 43.2 Å². The Bertz CT molecular complexity index is 2630. The molecule has 7 aromatic carbocycles. The SMILES string of the molecule is c1ccc(-c2cccc(C3NC(c4ccc5oc6cccc(N(c7ccccc7)c7ccccc7)c6c5c4)Nc4c3sc3ccccc43)c2)cc1. The summed E-state index contributed by atoms with van der Waals surface area (Å²) < 4.78 is 7.82. The van der Waals surface area contributed by atoms with Gasteiger partial charge in [-0.05, 0) is 82.9 Å². The summed E-state index contributed by atoms with van der Waals surface area (Å²) in [6.45, 7) is 0. The molecule has 0 saturated carbocycles. The number of hydrogen-bond acceptors (Lipinski definition) is 5. The van der Waals surface area contributed by atoms with Crippen LogP contribution in [0.1, 0.15) is 28.2 Å². The standard InChI is InChI=1S/C46H33N3OS/c1-4-14-30(15-5-1)31-16-12-17-32(28-31)43-45-44(36-22-10-11-25-41(36)51-45)48-46(47-43)33-26-27-39-37(29-33)42-38(23-13-24-40(42)50-39)49(34-18-6-2-7-19-34)35-20-8-3-9-21-35/h1-29,43,46-48H. The van der Waals surface area contributed by atoms with Gasteiger partial charge in [0.2, 0.25) is 0 Å². The van der Waals surface area contributed by atoms with Crippen LogP contribution in [0.5, 0.6) is 0 Å². The minimum Gasteiger partial charge on any atom is -0.456 e. The molecule has 1 aliphatic rings. The highest BCUT2D eigenvalue weighted by molar-refractivity contribution is 7.20. The van der Waals surface area contributed by atoms with Crippen molar-refractivity contribution in [1.29, 1.82) is 0 Å². The highest BCUT2D eigenvalue weighted by Gasteiger charge is 2.32. The molecule has 51 heavy (non-hydrogen) atoms. The average molecular weight is 676 g/mol. The summed E-state index contributed by atoms with van der Waals surface area (Å²) in [6, 6.07) is 62.4. The van der Waals surface area contributed by atoms with Crippen LogP contribution in [-0.4, -0.2) is 0 Å². The molecule has 3 heterocycles. The molecule has 10 rings (SSSR count). The van der Waals surface area contributed by atoms with Crippen LogP contribution in [0, 0.1) is 0 Å². The molecule has 2 atom stereocenters. The number of para-hydroxylation sites is 2. The maximum Gasteiger partial charge on any atom is 0.137 e. The van der Waals surface area contributed by atoms with E-state index in [1.165, 1.54) is 37.3 Å². The fraction of sp³-hybridized carbons (Fsp3) is 0.0435. The van der Waals surface area contributed by atoms with Gasteiger partial charge >= 0.3 is 0 Å². The van der Waals surface area contributed by atoms with Gasteiger partial charge in [0, 0.05) is 26.8 Å². The highest BCUT2D eigenvalue weighted by Crippen LogP contribution is 2.48. The Morgan fingerprint density at radius 3 is 2.00 bits per heavy atom. The minimum absolute atomic E-state index is 0.00585. The van der Waals surface area contributed by atoms with E-state index >= 15 is 0 Å². The number of furan rings is 1. The first kappa shape index (κ1) is 29.7. The summed E-state index contributed by atoms with van der Waals surface area (Å²) in [7, 11) is 0. The number of fused-ring (bicyclic) bond motifs is 6. The maximum absolute atomic E-state index is 6.54. The van der Waals surface area contributed by atoms with Gasteiger partial charge in [-0.1, -0.05) is 115 Å². The number of anilines is 4. The van der Waals surface area contributed by atoms with Crippen LogP contribution >= 0.6 is 11.3 Å². The maximum atomic E-state index is 6.54. The van der Waals surface area contributed by atoms with Crippen LogP contribution < -0.4 is 15.5 Å². The van der Waals surface area contributed by atoms with Crippen molar-refractivity contribution in [2.45, 2.75) is 12.2 Å². The number of rotatable bonds is 6. The van der Waals surface area contributed by atoms with Gasteiger partial charge in [-0.25, -0.2) is 0 Å². The number of thiophene rings is 1. The van der Waals surface area contributed by atoms with E-state index in [1.54, 1.807) is 0 Å². The lowest BCUT2D eigenvalue weighted by atomic mass is 9.95. The van der Waals surface area contributed by atoms with Crippen molar-refractivity contribution < 1.29 is 4.42 Å². The van der Waals surface area contributed by atoms with Gasteiger partial charge in [0.05, 0.1) is 27.7 Å². The Morgan fingerprint density at radius 1 is 0.529 bits per heavy atom. The van der Waals surface area contributed by atoms with E-state index in [4.69, 9.17) is 4.42 Å². The van der Waals surface area contributed by atoms with Crippen molar-refractivity contribution in [3.8, 4) is 11.1 Å². The smallest absolute Gasteiger partial charge is 0.137 e. The van der Waals surface area contributed by atoms with E-state index in [9.17, 15) is 0 Å². The van der Waals surface area contributed by atoms with Gasteiger partial charge in [-0.3, -0.25) is 5.32 Å². The lowest BCUT2D eigenvalue weighted by Crippen LogP contribution is -2.36.